The smallest absolute Gasteiger partial charge is 0.339 e. The van der Waals surface area contributed by atoms with Crippen LogP contribution in [0.4, 0.5) is 0 Å². The molecular formula is C22H24N2O4. The molecule has 2 aromatic heterocycles. The standard InChI is InChI=1S/C22H24N2O4/c1-14-17-4-6-19(27-3)15(2)21(17)28-22(26)18(14)5-7-20(25)24-13-10-16-8-11-23-12-9-16/h4,6,8-9,11-12H,5,7,10,13H2,1-3H3,(H,24,25). The van der Waals surface area contributed by atoms with Crippen molar-refractivity contribution in [1.82, 2.24) is 10.3 Å². The maximum atomic E-state index is 12.5. The van der Waals surface area contributed by atoms with Crippen LogP contribution >= 0.6 is 0 Å². The molecule has 3 aromatic rings. The molecule has 6 heteroatoms. The van der Waals surface area contributed by atoms with E-state index in [-0.39, 0.29) is 12.3 Å². The molecule has 0 atom stereocenters. The zero-order chi connectivity index (χ0) is 20.1. The molecule has 1 amide bonds. The molecule has 0 radical (unpaired) electrons. The van der Waals surface area contributed by atoms with Crippen LogP contribution in [-0.4, -0.2) is 24.5 Å². The van der Waals surface area contributed by atoms with Gasteiger partial charge in [0.25, 0.3) is 0 Å². The van der Waals surface area contributed by atoms with E-state index in [1.807, 2.05) is 38.1 Å². The Labute approximate surface area is 163 Å². The molecule has 1 N–H and O–H groups in total. The molecule has 2 heterocycles. The minimum Gasteiger partial charge on any atom is -0.496 e. The Hall–Kier alpha value is -3.15. The van der Waals surface area contributed by atoms with Gasteiger partial charge in [0.2, 0.25) is 5.91 Å². The lowest BCUT2D eigenvalue weighted by molar-refractivity contribution is -0.121. The summed E-state index contributed by atoms with van der Waals surface area (Å²) >= 11 is 0. The van der Waals surface area contributed by atoms with Crippen molar-refractivity contribution in [2.24, 2.45) is 0 Å². The summed E-state index contributed by atoms with van der Waals surface area (Å²) in [5, 5.41) is 3.76. The Bertz CT molecular complexity index is 1040. The molecular weight excluding hydrogens is 356 g/mol. The van der Waals surface area contributed by atoms with Crippen molar-refractivity contribution in [3.05, 3.63) is 69.3 Å². The van der Waals surface area contributed by atoms with Gasteiger partial charge in [0.1, 0.15) is 11.3 Å². The van der Waals surface area contributed by atoms with E-state index >= 15 is 0 Å². The molecule has 1 aromatic carbocycles. The van der Waals surface area contributed by atoms with Crippen LogP contribution in [0.15, 0.2) is 45.9 Å². The third-order valence-corrected chi connectivity index (χ3v) is 4.96. The van der Waals surface area contributed by atoms with Gasteiger partial charge in [0.05, 0.1) is 7.11 Å². The Morgan fingerprint density at radius 3 is 2.57 bits per heavy atom. The van der Waals surface area contributed by atoms with E-state index in [2.05, 4.69) is 10.3 Å². The highest BCUT2D eigenvalue weighted by Crippen LogP contribution is 2.29. The number of aromatic nitrogens is 1. The summed E-state index contributed by atoms with van der Waals surface area (Å²) in [6.07, 6.45) is 4.79. The number of methoxy groups -OCH3 is 1. The number of nitrogens with zero attached hydrogens (tertiary/aromatic N) is 1. The molecule has 28 heavy (non-hydrogen) atoms. The van der Waals surface area contributed by atoms with Gasteiger partial charge in [-0.3, -0.25) is 9.78 Å². The van der Waals surface area contributed by atoms with Crippen molar-refractivity contribution in [2.45, 2.75) is 33.1 Å². The number of ether oxygens (including phenoxy) is 1. The van der Waals surface area contributed by atoms with E-state index in [0.717, 1.165) is 28.5 Å². The normalized spacial score (nSPS) is 10.8. The Morgan fingerprint density at radius 2 is 1.86 bits per heavy atom. The van der Waals surface area contributed by atoms with Crippen LogP contribution < -0.4 is 15.7 Å². The third kappa shape index (κ3) is 4.22. The first-order valence-corrected chi connectivity index (χ1v) is 9.26. The van der Waals surface area contributed by atoms with Crippen LogP contribution in [0.3, 0.4) is 0 Å². The van der Waals surface area contributed by atoms with Crippen LogP contribution in [0.1, 0.15) is 28.7 Å². The molecule has 0 aliphatic rings. The van der Waals surface area contributed by atoms with Crippen molar-refractivity contribution < 1.29 is 13.9 Å². The SMILES string of the molecule is COc1ccc2c(C)c(CCC(=O)NCCc3ccncc3)c(=O)oc2c1C. The van der Waals surface area contributed by atoms with Gasteiger partial charge < -0.3 is 14.5 Å². The van der Waals surface area contributed by atoms with E-state index in [0.29, 0.717) is 29.9 Å². The Morgan fingerprint density at radius 1 is 1.11 bits per heavy atom. The number of pyridine rings is 1. The van der Waals surface area contributed by atoms with Gasteiger partial charge in [-0.1, -0.05) is 0 Å². The zero-order valence-corrected chi connectivity index (χ0v) is 16.4. The summed E-state index contributed by atoms with van der Waals surface area (Å²) in [4.78, 5) is 28.6. The highest BCUT2D eigenvalue weighted by molar-refractivity contribution is 5.85. The molecule has 146 valence electrons. The summed E-state index contributed by atoms with van der Waals surface area (Å²) < 4.78 is 10.8. The van der Waals surface area contributed by atoms with Gasteiger partial charge in [0.15, 0.2) is 0 Å². The Balaban J connectivity index is 1.67. The molecule has 0 aliphatic heterocycles. The monoisotopic (exact) mass is 380 g/mol. The number of fused-ring (bicyclic) bond motifs is 1. The van der Waals surface area contributed by atoms with Crippen LogP contribution in [0.2, 0.25) is 0 Å². The maximum Gasteiger partial charge on any atom is 0.339 e. The molecule has 0 fully saturated rings. The second kappa shape index (κ2) is 8.69. The number of amides is 1. The van der Waals surface area contributed by atoms with E-state index in [9.17, 15) is 9.59 Å². The molecule has 0 saturated heterocycles. The fourth-order valence-electron chi connectivity index (χ4n) is 3.30. The second-order valence-electron chi connectivity index (χ2n) is 6.72. The van der Waals surface area contributed by atoms with Crippen molar-refractivity contribution in [2.75, 3.05) is 13.7 Å². The fraction of sp³-hybridized carbons (Fsp3) is 0.318. The highest BCUT2D eigenvalue weighted by atomic mass is 16.5. The molecule has 6 nitrogen and oxygen atoms in total. The predicted molar refractivity (Wildman–Crippen MR) is 108 cm³/mol. The number of carbonyl (C=O) groups is 1. The third-order valence-electron chi connectivity index (χ3n) is 4.96. The van der Waals surface area contributed by atoms with Crippen molar-refractivity contribution >= 4 is 16.9 Å². The number of hydrogen-bond donors (Lipinski definition) is 1. The van der Waals surface area contributed by atoms with Crippen LogP contribution in [-0.2, 0) is 17.6 Å². The maximum absolute atomic E-state index is 12.5. The molecule has 0 unspecified atom stereocenters. The predicted octanol–water partition coefficient (Wildman–Crippen LogP) is 3.10. The summed E-state index contributed by atoms with van der Waals surface area (Å²) in [6.45, 7) is 4.30. The number of carbonyl (C=O) groups excluding carboxylic acids is 1. The lowest BCUT2D eigenvalue weighted by Gasteiger charge is -2.11. The number of aryl methyl sites for hydroxylation is 2. The van der Waals surface area contributed by atoms with E-state index < -0.39 is 5.63 Å². The topological polar surface area (TPSA) is 81.4 Å². The number of nitrogens with one attached hydrogen (secondary N) is 1. The van der Waals surface area contributed by atoms with Crippen molar-refractivity contribution in [3.63, 3.8) is 0 Å². The molecule has 0 bridgehead atoms. The first-order valence-electron chi connectivity index (χ1n) is 9.26. The molecule has 0 spiro atoms. The minimum absolute atomic E-state index is 0.0844. The van der Waals surface area contributed by atoms with Gasteiger partial charge in [-0.25, -0.2) is 4.79 Å². The number of rotatable bonds is 7. The van der Waals surface area contributed by atoms with Gasteiger partial charge >= 0.3 is 5.63 Å². The van der Waals surface area contributed by atoms with Crippen LogP contribution in [0.5, 0.6) is 5.75 Å². The summed E-state index contributed by atoms with van der Waals surface area (Å²) in [7, 11) is 1.58. The van der Waals surface area contributed by atoms with E-state index in [4.69, 9.17) is 9.15 Å². The van der Waals surface area contributed by atoms with E-state index in [1.54, 1.807) is 19.5 Å². The summed E-state index contributed by atoms with van der Waals surface area (Å²) in [5.74, 6) is 0.593. The van der Waals surface area contributed by atoms with Gasteiger partial charge in [-0.05, 0) is 62.1 Å². The lowest BCUT2D eigenvalue weighted by Crippen LogP contribution is -2.26. The minimum atomic E-state index is -0.397. The van der Waals surface area contributed by atoms with Crippen LogP contribution in [0, 0.1) is 13.8 Å². The van der Waals surface area contributed by atoms with E-state index in [1.165, 1.54) is 0 Å². The Kier molecular flexibility index (Phi) is 6.09. The first-order chi connectivity index (χ1) is 13.5. The highest BCUT2D eigenvalue weighted by Gasteiger charge is 2.15. The summed E-state index contributed by atoms with van der Waals surface area (Å²) in [6, 6.07) is 7.59. The van der Waals surface area contributed by atoms with Gasteiger partial charge in [-0.2, -0.15) is 0 Å². The number of benzene rings is 1. The average molecular weight is 380 g/mol. The molecule has 0 saturated carbocycles. The largest absolute Gasteiger partial charge is 0.496 e. The van der Waals surface area contributed by atoms with Gasteiger partial charge in [-0.15, -0.1) is 0 Å². The second-order valence-corrected chi connectivity index (χ2v) is 6.72. The quantitative estimate of drug-likeness (QED) is 0.637. The first kappa shape index (κ1) is 19.6. The average Bonchev–Trinajstić information content (AvgIpc) is 2.69. The van der Waals surface area contributed by atoms with Crippen molar-refractivity contribution in [1.29, 1.82) is 0 Å². The lowest BCUT2D eigenvalue weighted by atomic mass is 10.0. The van der Waals surface area contributed by atoms with Crippen molar-refractivity contribution in [3.8, 4) is 5.75 Å². The zero-order valence-electron chi connectivity index (χ0n) is 16.4. The molecule has 0 aliphatic carbocycles. The summed E-state index contributed by atoms with van der Waals surface area (Å²) in [5.41, 5.74) is 3.44. The van der Waals surface area contributed by atoms with Crippen LogP contribution in [0.25, 0.3) is 11.0 Å². The molecule has 3 rings (SSSR count). The number of hydrogen-bond acceptors (Lipinski definition) is 5. The van der Waals surface area contributed by atoms with Gasteiger partial charge in [0, 0.05) is 41.9 Å². The fourth-order valence-corrected chi connectivity index (χ4v) is 3.30.